The van der Waals surface area contributed by atoms with Gasteiger partial charge in [0, 0.05) is 16.7 Å². The number of likely N-dealkylation sites (N-methyl/N-ethyl adjacent to an activating group) is 1. The molecule has 0 saturated heterocycles. The van der Waals surface area contributed by atoms with E-state index in [0.29, 0.717) is 5.82 Å². The lowest BCUT2D eigenvalue weighted by molar-refractivity contribution is 0.179. The van der Waals surface area contributed by atoms with E-state index in [-0.39, 0.29) is 6.10 Å². The van der Waals surface area contributed by atoms with E-state index in [4.69, 9.17) is 4.74 Å². The number of anilines is 2. The van der Waals surface area contributed by atoms with Crippen LogP contribution in [0.25, 0.3) is 21.1 Å². The van der Waals surface area contributed by atoms with E-state index >= 15 is 0 Å². The van der Waals surface area contributed by atoms with Crippen LogP contribution in [0, 0.1) is 0 Å². The molecule has 6 nitrogen and oxygen atoms in total. The van der Waals surface area contributed by atoms with E-state index in [1.54, 1.807) is 17.7 Å². The summed E-state index contributed by atoms with van der Waals surface area (Å²) in [6.07, 6.45) is 1.59. The number of aromatic nitrogens is 3. The zero-order valence-corrected chi connectivity index (χ0v) is 18.2. The van der Waals surface area contributed by atoms with Crippen molar-refractivity contribution in [3.05, 3.63) is 46.6 Å². The first kappa shape index (κ1) is 19.0. The van der Waals surface area contributed by atoms with Crippen LogP contribution >= 0.6 is 27.3 Å². The highest BCUT2D eigenvalue weighted by atomic mass is 79.9. The molecule has 0 aliphatic heterocycles. The maximum atomic E-state index is 6.26. The smallest absolute Gasteiger partial charge is 0.145 e. The van der Waals surface area contributed by atoms with Gasteiger partial charge in [0.25, 0.3) is 0 Å². The average Bonchev–Trinajstić information content (AvgIpc) is 3.08. The van der Waals surface area contributed by atoms with Crippen LogP contribution < -0.4 is 10.1 Å². The molecule has 0 unspecified atom stereocenters. The van der Waals surface area contributed by atoms with Gasteiger partial charge in [0.1, 0.15) is 24.0 Å². The van der Waals surface area contributed by atoms with Crippen molar-refractivity contribution in [1.29, 1.82) is 0 Å². The van der Waals surface area contributed by atoms with Crippen molar-refractivity contribution < 1.29 is 4.74 Å². The molecule has 0 aliphatic carbocycles. The number of rotatable bonds is 6. The van der Waals surface area contributed by atoms with Crippen LogP contribution in [-0.4, -0.2) is 46.6 Å². The van der Waals surface area contributed by atoms with Crippen molar-refractivity contribution in [2.45, 2.75) is 13.0 Å². The molecule has 28 heavy (non-hydrogen) atoms. The molecule has 0 amide bonds. The van der Waals surface area contributed by atoms with Crippen LogP contribution in [0.1, 0.15) is 6.92 Å². The van der Waals surface area contributed by atoms with Gasteiger partial charge in [-0.2, -0.15) is 0 Å². The summed E-state index contributed by atoms with van der Waals surface area (Å²) in [6, 6.07) is 10.0. The molecular weight excluding hydrogens is 438 g/mol. The lowest BCUT2D eigenvalue weighted by Gasteiger charge is -2.20. The van der Waals surface area contributed by atoms with Gasteiger partial charge in [-0.3, -0.25) is 0 Å². The minimum atomic E-state index is 0.0223. The van der Waals surface area contributed by atoms with Gasteiger partial charge in [-0.15, -0.1) is 11.3 Å². The number of hydrogen-bond acceptors (Lipinski definition) is 7. The lowest BCUT2D eigenvalue weighted by atomic mass is 10.2. The van der Waals surface area contributed by atoms with E-state index in [0.717, 1.165) is 43.6 Å². The Morgan fingerprint density at radius 3 is 2.82 bits per heavy atom. The summed E-state index contributed by atoms with van der Waals surface area (Å²) in [6.45, 7) is 2.87. The highest BCUT2D eigenvalue weighted by molar-refractivity contribution is 9.10. The van der Waals surface area contributed by atoms with Crippen molar-refractivity contribution in [1.82, 2.24) is 19.9 Å². The Balaban J connectivity index is 1.75. The van der Waals surface area contributed by atoms with E-state index < -0.39 is 0 Å². The maximum absolute atomic E-state index is 6.26. The van der Waals surface area contributed by atoms with Gasteiger partial charge in [-0.05, 0) is 51.4 Å². The molecule has 4 rings (SSSR count). The fourth-order valence-electron chi connectivity index (χ4n) is 3.15. The van der Waals surface area contributed by atoms with Crippen molar-refractivity contribution in [2.24, 2.45) is 0 Å². The van der Waals surface area contributed by atoms with Crippen LogP contribution in [0.15, 0.2) is 46.6 Å². The molecule has 8 heteroatoms. The predicted molar refractivity (Wildman–Crippen MR) is 119 cm³/mol. The SMILES string of the molecule is C[C@H](CN(C)C)Oc1cc(Br)cc2ncnc(Nc3ccc4ncsc4c3)c12. The second-order valence-electron chi connectivity index (χ2n) is 6.87. The standard InChI is InChI=1S/C20H20BrN5OS/c1-12(9-26(2)3)27-17-7-13(21)6-16-19(17)20(23-10-22-16)25-14-4-5-15-18(8-14)28-11-24-15/h4-8,10-12H,9H2,1-3H3,(H,22,23,25)/t12-/m1/s1. The van der Waals surface area contributed by atoms with Crippen molar-refractivity contribution in [2.75, 3.05) is 26.0 Å². The molecule has 2 heterocycles. The van der Waals surface area contributed by atoms with Crippen LogP contribution in [0.2, 0.25) is 0 Å². The van der Waals surface area contributed by atoms with Gasteiger partial charge in [-0.25, -0.2) is 15.0 Å². The Morgan fingerprint density at radius 1 is 1.14 bits per heavy atom. The summed E-state index contributed by atoms with van der Waals surface area (Å²) in [5, 5.41) is 4.29. The number of fused-ring (bicyclic) bond motifs is 2. The Bertz CT molecular complexity index is 1130. The van der Waals surface area contributed by atoms with Gasteiger partial charge in [0.2, 0.25) is 0 Å². The number of benzene rings is 2. The third-order valence-corrected chi connectivity index (χ3v) is 5.46. The van der Waals surface area contributed by atoms with E-state index in [1.165, 1.54) is 0 Å². The first-order valence-electron chi connectivity index (χ1n) is 8.85. The topological polar surface area (TPSA) is 63.2 Å². The van der Waals surface area contributed by atoms with Crippen molar-refractivity contribution in [3.8, 4) is 5.75 Å². The highest BCUT2D eigenvalue weighted by Crippen LogP contribution is 2.35. The molecule has 0 aliphatic rings. The molecule has 1 atom stereocenters. The zero-order chi connectivity index (χ0) is 19.7. The Morgan fingerprint density at radius 2 is 2.00 bits per heavy atom. The molecule has 0 fully saturated rings. The monoisotopic (exact) mass is 457 g/mol. The summed E-state index contributed by atoms with van der Waals surface area (Å²) in [5.74, 6) is 1.47. The number of nitrogens with zero attached hydrogens (tertiary/aromatic N) is 4. The van der Waals surface area contributed by atoms with Crippen LogP contribution in [0.3, 0.4) is 0 Å². The minimum absolute atomic E-state index is 0.0223. The molecule has 0 radical (unpaired) electrons. The van der Waals surface area contributed by atoms with Gasteiger partial charge in [0.15, 0.2) is 0 Å². The molecule has 0 bridgehead atoms. The molecule has 2 aromatic carbocycles. The minimum Gasteiger partial charge on any atom is -0.488 e. The predicted octanol–water partition coefficient (Wildman–Crippen LogP) is 5.07. The van der Waals surface area contributed by atoms with Crippen LogP contribution in [0.5, 0.6) is 5.75 Å². The number of nitrogens with one attached hydrogen (secondary N) is 1. The average molecular weight is 458 g/mol. The van der Waals surface area contributed by atoms with Gasteiger partial charge < -0.3 is 15.0 Å². The summed E-state index contributed by atoms with van der Waals surface area (Å²) in [5.41, 5.74) is 4.61. The molecule has 0 spiro atoms. The Kier molecular flexibility index (Phi) is 5.43. The fraction of sp³-hybridized carbons (Fsp3) is 0.250. The quantitative estimate of drug-likeness (QED) is 0.435. The third-order valence-electron chi connectivity index (χ3n) is 4.21. The Labute approximate surface area is 175 Å². The van der Waals surface area contributed by atoms with Gasteiger partial charge in [-0.1, -0.05) is 15.9 Å². The molecule has 1 N–H and O–H groups in total. The zero-order valence-electron chi connectivity index (χ0n) is 15.8. The fourth-order valence-corrected chi connectivity index (χ4v) is 4.29. The number of ether oxygens (including phenoxy) is 1. The lowest BCUT2D eigenvalue weighted by Crippen LogP contribution is -2.28. The third kappa shape index (κ3) is 4.09. The molecule has 2 aromatic heterocycles. The Hall–Kier alpha value is -2.29. The first-order chi connectivity index (χ1) is 13.5. The van der Waals surface area contributed by atoms with E-state index in [9.17, 15) is 0 Å². The van der Waals surface area contributed by atoms with Gasteiger partial charge in [0.05, 0.1) is 26.6 Å². The molecule has 144 valence electrons. The summed E-state index contributed by atoms with van der Waals surface area (Å²) >= 11 is 5.18. The first-order valence-corrected chi connectivity index (χ1v) is 10.5. The van der Waals surface area contributed by atoms with Crippen molar-refractivity contribution >= 4 is 59.9 Å². The summed E-state index contributed by atoms with van der Waals surface area (Å²) in [4.78, 5) is 15.4. The second-order valence-corrected chi connectivity index (χ2v) is 8.67. The van der Waals surface area contributed by atoms with Gasteiger partial charge >= 0.3 is 0 Å². The normalized spacial score (nSPS) is 12.6. The summed E-state index contributed by atoms with van der Waals surface area (Å²) in [7, 11) is 4.06. The number of halogens is 1. The van der Waals surface area contributed by atoms with E-state index in [1.807, 2.05) is 43.9 Å². The van der Waals surface area contributed by atoms with Crippen molar-refractivity contribution in [3.63, 3.8) is 0 Å². The molecule has 4 aromatic rings. The summed E-state index contributed by atoms with van der Waals surface area (Å²) < 4.78 is 8.30. The second kappa shape index (κ2) is 7.98. The van der Waals surface area contributed by atoms with Crippen LogP contribution in [0.4, 0.5) is 11.5 Å². The van der Waals surface area contributed by atoms with E-state index in [2.05, 4.69) is 54.1 Å². The maximum Gasteiger partial charge on any atom is 0.145 e. The molecule has 0 saturated carbocycles. The number of hydrogen-bond donors (Lipinski definition) is 1. The largest absolute Gasteiger partial charge is 0.488 e. The van der Waals surface area contributed by atoms with Crippen LogP contribution in [-0.2, 0) is 0 Å². The molecular formula is C20H20BrN5OS. The number of thiazole rings is 1. The highest BCUT2D eigenvalue weighted by Gasteiger charge is 2.15.